The van der Waals surface area contributed by atoms with Crippen molar-refractivity contribution in [3.05, 3.63) is 36.0 Å². The smallest absolute Gasteiger partial charge is 0.338 e. The Morgan fingerprint density at radius 1 is 1.43 bits per heavy atom. The lowest BCUT2D eigenvalue weighted by molar-refractivity contribution is -0.139. The van der Waals surface area contributed by atoms with Crippen LogP contribution in [0.5, 0.6) is 0 Å². The van der Waals surface area contributed by atoms with Gasteiger partial charge in [-0.2, -0.15) is 0 Å². The van der Waals surface area contributed by atoms with Gasteiger partial charge >= 0.3 is 5.97 Å². The number of ether oxygens (including phenoxy) is 1. The summed E-state index contributed by atoms with van der Waals surface area (Å²) in [6.45, 7) is 9.98. The Morgan fingerprint density at radius 3 is 2.57 bits per heavy atom. The summed E-state index contributed by atoms with van der Waals surface area (Å²) >= 11 is 0. The molecule has 14 heavy (non-hydrogen) atoms. The standard InChI is InChI=1S/C10H12O2.C2H6/c1-3-5-8-6-7-12-10(11)9(8)4-2;1-2/h3-5H,2,6-7H2,1H3;1-2H3/b5-3-;. The number of rotatable bonds is 2. The summed E-state index contributed by atoms with van der Waals surface area (Å²) < 4.78 is 4.86. The molecule has 0 aromatic rings. The first kappa shape index (κ1) is 12.7. The molecule has 0 aromatic carbocycles. The fourth-order valence-electron chi connectivity index (χ4n) is 1.19. The molecule has 0 N–H and O–H groups in total. The van der Waals surface area contributed by atoms with Gasteiger partial charge in [0.25, 0.3) is 0 Å². The molecular weight excluding hydrogens is 176 g/mol. The molecule has 0 radical (unpaired) electrons. The van der Waals surface area contributed by atoms with Gasteiger partial charge in [-0.15, -0.1) is 0 Å². The molecule has 0 spiro atoms. The molecule has 0 unspecified atom stereocenters. The molecule has 0 aromatic heterocycles. The molecule has 2 heteroatoms. The molecule has 1 aliphatic rings. The highest BCUT2D eigenvalue weighted by atomic mass is 16.5. The van der Waals surface area contributed by atoms with E-state index in [1.165, 1.54) is 0 Å². The summed E-state index contributed by atoms with van der Waals surface area (Å²) in [7, 11) is 0. The second-order valence-corrected chi connectivity index (χ2v) is 2.53. The van der Waals surface area contributed by atoms with Gasteiger partial charge < -0.3 is 4.74 Å². The summed E-state index contributed by atoms with van der Waals surface area (Å²) in [6, 6.07) is 0. The van der Waals surface area contributed by atoms with Crippen molar-refractivity contribution in [2.75, 3.05) is 6.61 Å². The average molecular weight is 194 g/mol. The number of carbonyl (C=O) groups excluding carboxylic acids is 1. The van der Waals surface area contributed by atoms with Crippen LogP contribution in [0.15, 0.2) is 36.0 Å². The Morgan fingerprint density at radius 2 is 2.07 bits per heavy atom. The lowest BCUT2D eigenvalue weighted by atomic mass is 10.0. The minimum atomic E-state index is -0.260. The van der Waals surface area contributed by atoms with E-state index in [9.17, 15) is 4.79 Å². The SMILES string of the molecule is C=CC1=C(/C=C\C)CCOC1=O.CC. The van der Waals surface area contributed by atoms with Gasteiger partial charge in [-0.3, -0.25) is 0 Å². The quantitative estimate of drug-likeness (QED) is 0.632. The molecule has 2 nitrogen and oxygen atoms in total. The Hall–Kier alpha value is -1.31. The van der Waals surface area contributed by atoms with Gasteiger partial charge in [-0.25, -0.2) is 4.79 Å². The molecule has 0 bridgehead atoms. The van der Waals surface area contributed by atoms with E-state index >= 15 is 0 Å². The zero-order valence-corrected chi connectivity index (χ0v) is 9.17. The van der Waals surface area contributed by atoms with Crippen LogP contribution in [-0.4, -0.2) is 12.6 Å². The van der Waals surface area contributed by atoms with Crippen LogP contribution in [-0.2, 0) is 9.53 Å². The molecular formula is C12H18O2. The van der Waals surface area contributed by atoms with Crippen LogP contribution in [0.2, 0.25) is 0 Å². The van der Waals surface area contributed by atoms with Gasteiger partial charge in [-0.1, -0.05) is 38.7 Å². The van der Waals surface area contributed by atoms with Crippen LogP contribution in [0.1, 0.15) is 27.2 Å². The highest BCUT2D eigenvalue weighted by Gasteiger charge is 2.16. The first-order valence-electron chi connectivity index (χ1n) is 4.95. The molecule has 1 heterocycles. The number of allylic oxidation sites excluding steroid dienone is 2. The van der Waals surface area contributed by atoms with Gasteiger partial charge in [0.05, 0.1) is 12.2 Å². The largest absolute Gasteiger partial charge is 0.462 e. The minimum absolute atomic E-state index is 0.260. The van der Waals surface area contributed by atoms with Crippen LogP contribution >= 0.6 is 0 Å². The monoisotopic (exact) mass is 194 g/mol. The first-order valence-corrected chi connectivity index (χ1v) is 4.95. The normalized spacial score (nSPS) is 16.1. The predicted molar refractivity (Wildman–Crippen MR) is 59.0 cm³/mol. The number of carbonyl (C=O) groups is 1. The van der Waals surface area contributed by atoms with Crippen molar-refractivity contribution < 1.29 is 9.53 Å². The van der Waals surface area contributed by atoms with E-state index < -0.39 is 0 Å². The maximum absolute atomic E-state index is 11.1. The van der Waals surface area contributed by atoms with Crippen LogP contribution in [0.25, 0.3) is 0 Å². The van der Waals surface area contributed by atoms with E-state index in [1.807, 2.05) is 32.9 Å². The summed E-state index contributed by atoms with van der Waals surface area (Å²) in [5, 5.41) is 0. The first-order chi connectivity index (χ1) is 6.79. The summed E-state index contributed by atoms with van der Waals surface area (Å²) in [4.78, 5) is 11.1. The third kappa shape index (κ3) is 3.21. The lowest BCUT2D eigenvalue weighted by Crippen LogP contribution is -2.15. The molecule has 1 aliphatic heterocycles. The molecule has 0 amide bonds. The van der Waals surface area contributed by atoms with Crippen LogP contribution in [0.4, 0.5) is 0 Å². The van der Waals surface area contributed by atoms with Crippen molar-refractivity contribution in [1.82, 2.24) is 0 Å². The van der Waals surface area contributed by atoms with Gasteiger partial charge in [-0.05, 0) is 12.5 Å². The second kappa shape index (κ2) is 7.13. The Labute approximate surface area is 86.0 Å². The van der Waals surface area contributed by atoms with Gasteiger partial charge in [0.2, 0.25) is 0 Å². The molecule has 0 saturated heterocycles. The topological polar surface area (TPSA) is 26.3 Å². The van der Waals surface area contributed by atoms with Crippen molar-refractivity contribution in [3.63, 3.8) is 0 Å². The van der Waals surface area contributed by atoms with Crippen molar-refractivity contribution >= 4 is 5.97 Å². The van der Waals surface area contributed by atoms with Crippen LogP contribution in [0.3, 0.4) is 0 Å². The summed E-state index contributed by atoms with van der Waals surface area (Å²) in [5.74, 6) is -0.260. The van der Waals surface area contributed by atoms with Gasteiger partial charge in [0.1, 0.15) is 0 Å². The van der Waals surface area contributed by atoms with Crippen molar-refractivity contribution in [1.29, 1.82) is 0 Å². The molecule has 1 rings (SSSR count). The Balaban J connectivity index is 0.000000791. The molecule has 0 aliphatic carbocycles. The number of hydrogen-bond acceptors (Lipinski definition) is 2. The van der Waals surface area contributed by atoms with E-state index in [2.05, 4.69) is 6.58 Å². The fraction of sp³-hybridized carbons (Fsp3) is 0.417. The average Bonchev–Trinajstić information content (AvgIpc) is 2.22. The highest BCUT2D eigenvalue weighted by molar-refractivity contribution is 5.93. The zero-order chi connectivity index (χ0) is 11.0. The highest BCUT2D eigenvalue weighted by Crippen LogP contribution is 2.18. The van der Waals surface area contributed by atoms with E-state index in [0.29, 0.717) is 12.2 Å². The molecule has 0 atom stereocenters. The minimum Gasteiger partial charge on any atom is -0.462 e. The third-order valence-electron chi connectivity index (χ3n) is 1.74. The van der Waals surface area contributed by atoms with Gasteiger partial charge in [0.15, 0.2) is 0 Å². The summed E-state index contributed by atoms with van der Waals surface area (Å²) in [5.41, 5.74) is 1.61. The summed E-state index contributed by atoms with van der Waals surface area (Å²) in [6.07, 6.45) is 6.18. The van der Waals surface area contributed by atoms with E-state index in [4.69, 9.17) is 4.74 Å². The maximum atomic E-state index is 11.1. The number of cyclic esters (lactones) is 1. The zero-order valence-electron chi connectivity index (χ0n) is 9.17. The lowest BCUT2D eigenvalue weighted by Gasteiger charge is -2.14. The predicted octanol–water partition coefficient (Wildman–Crippen LogP) is 3.02. The maximum Gasteiger partial charge on any atom is 0.338 e. The number of hydrogen-bond donors (Lipinski definition) is 0. The second-order valence-electron chi connectivity index (χ2n) is 2.53. The van der Waals surface area contributed by atoms with E-state index in [0.717, 1.165) is 12.0 Å². The molecule has 0 fully saturated rings. The molecule has 0 saturated carbocycles. The Kier molecular flexibility index (Phi) is 6.46. The van der Waals surface area contributed by atoms with E-state index in [1.54, 1.807) is 6.08 Å². The van der Waals surface area contributed by atoms with E-state index in [-0.39, 0.29) is 5.97 Å². The van der Waals surface area contributed by atoms with Crippen molar-refractivity contribution in [3.8, 4) is 0 Å². The van der Waals surface area contributed by atoms with Crippen molar-refractivity contribution in [2.24, 2.45) is 0 Å². The van der Waals surface area contributed by atoms with Crippen LogP contribution in [0, 0.1) is 0 Å². The van der Waals surface area contributed by atoms with Gasteiger partial charge in [0, 0.05) is 6.42 Å². The van der Waals surface area contributed by atoms with Crippen LogP contribution < -0.4 is 0 Å². The molecule has 78 valence electrons. The Bertz CT molecular complexity index is 259. The third-order valence-corrected chi connectivity index (χ3v) is 1.74. The fourth-order valence-corrected chi connectivity index (χ4v) is 1.19. The van der Waals surface area contributed by atoms with Crippen molar-refractivity contribution in [2.45, 2.75) is 27.2 Å². The number of esters is 1.